The molecule has 0 radical (unpaired) electrons. The number of hydrogen-bond donors (Lipinski definition) is 3. The Bertz CT molecular complexity index is 491. The van der Waals surface area contributed by atoms with E-state index in [0.717, 1.165) is 12.0 Å². The molecule has 0 aliphatic heterocycles. The van der Waals surface area contributed by atoms with Crippen LogP contribution in [-0.4, -0.2) is 35.6 Å². The van der Waals surface area contributed by atoms with Gasteiger partial charge in [0, 0.05) is 6.54 Å². The minimum absolute atomic E-state index is 0.246. The second-order valence-electron chi connectivity index (χ2n) is 5.24. The van der Waals surface area contributed by atoms with E-state index < -0.39 is 18.1 Å². The number of aliphatic carboxylic acids is 1. The van der Waals surface area contributed by atoms with Crippen molar-refractivity contribution in [1.82, 2.24) is 10.6 Å². The predicted molar refractivity (Wildman–Crippen MR) is 82.0 cm³/mol. The molecule has 2 unspecified atom stereocenters. The van der Waals surface area contributed by atoms with E-state index in [-0.39, 0.29) is 11.7 Å². The van der Waals surface area contributed by atoms with Crippen molar-refractivity contribution >= 4 is 11.9 Å². The molecule has 0 aliphatic rings. The van der Waals surface area contributed by atoms with Gasteiger partial charge < -0.3 is 10.4 Å². The summed E-state index contributed by atoms with van der Waals surface area (Å²) >= 11 is 0. The molecular formula is C16H23FN2O3. The van der Waals surface area contributed by atoms with Crippen LogP contribution in [0.2, 0.25) is 0 Å². The quantitative estimate of drug-likeness (QED) is 0.649. The normalized spacial score (nSPS) is 13.4. The van der Waals surface area contributed by atoms with Crippen molar-refractivity contribution in [3.63, 3.8) is 0 Å². The molecule has 1 amide bonds. The Balaban J connectivity index is 2.37. The number of carboxylic acid groups (broad SMARTS) is 1. The molecule has 0 aromatic heterocycles. The third-order valence-corrected chi connectivity index (χ3v) is 3.35. The third kappa shape index (κ3) is 6.22. The van der Waals surface area contributed by atoms with E-state index in [0.29, 0.717) is 19.4 Å². The number of carboxylic acids is 1. The first-order valence-electron chi connectivity index (χ1n) is 7.45. The van der Waals surface area contributed by atoms with Crippen LogP contribution >= 0.6 is 0 Å². The molecule has 3 N–H and O–H groups in total. The van der Waals surface area contributed by atoms with Gasteiger partial charge in [-0.15, -0.1) is 0 Å². The lowest BCUT2D eigenvalue weighted by molar-refractivity contribution is -0.140. The van der Waals surface area contributed by atoms with Gasteiger partial charge in [-0.3, -0.25) is 14.9 Å². The van der Waals surface area contributed by atoms with E-state index in [4.69, 9.17) is 5.11 Å². The van der Waals surface area contributed by atoms with Crippen LogP contribution in [0, 0.1) is 5.82 Å². The van der Waals surface area contributed by atoms with Gasteiger partial charge in [0.25, 0.3) is 0 Å². The van der Waals surface area contributed by atoms with E-state index in [2.05, 4.69) is 10.6 Å². The molecule has 1 aromatic rings. The number of amides is 1. The highest BCUT2D eigenvalue weighted by molar-refractivity contribution is 5.82. The van der Waals surface area contributed by atoms with Crippen LogP contribution in [0.15, 0.2) is 24.3 Å². The lowest BCUT2D eigenvalue weighted by Gasteiger charge is -2.19. The summed E-state index contributed by atoms with van der Waals surface area (Å²) in [6, 6.07) is 4.80. The molecule has 0 saturated heterocycles. The Morgan fingerprint density at radius 2 is 1.91 bits per heavy atom. The van der Waals surface area contributed by atoms with Gasteiger partial charge in [0.1, 0.15) is 11.9 Å². The average molecular weight is 310 g/mol. The first-order chi connectivity index (χ1) is 10.4. The van der Waals surface area contributed by atoms with Crippen molar-refractivity contribution in [1.29, 1.82) is 0 Å². The van der Waals surface area contributed by atoms with Gasteiger partial charge in [-0.1, -0.05) is 25.5 Å². The van der Waals surface area contributed by atoms with Crippen LogP contribution in [0.1, 0.15) is 32.3 Å². The summed E-state index contributed by atoms with van der Waals surface area (Å²) in [6.45, 7) is 3.95. The van der Waals surface area contributed by atoms with E-state index in [1.165, 1.54) is 12.1 Å². The van der Waals surface area contributed by atoms with E-state index in [9.17, 15) is 14.0 Å². The van der Waals surface area contributed by atoms with Crippen molar-refractivity contribution in [3.05, 3.63) is 35.6 Å². The van der Waals surface area contributed by atoms with Crippen molar-refractivity contribution in [2.75, 3.05) is 6.54 Å². The predicted octanol–water partition coefficient (Wildman–Crippen LogP) is 1.72. The molecule has 0 saturated carbocycles. The highest BCUT2D eigenvalue weighted by Gasteiger charge is 2.21. The molecule has 0 fully saturated rings. The summed E-state index contributed by atoms with van der Waals surface area (Å²) in [5.41, 5.74) is 0.928. The van der Waals surface area contributed by atoms with Crippen LogP contribution in [0.25, 0.3) is 0 Å². The summed E-state index contributed by atoms with van der Waals surface area (Å²) in [4.78, 5) is 23.0. The molecule has 5 nitrogen and oxygen atoms in total. The topological polar surface area (TPSA) is 78.4 Å². The van der Waals surface area contributed by atoms with Crippen molar-refractivity contribution in [2.24, 2.45) is 0 Å². The fraction of sp³-hybridized carbons (Fsp3) is 0.500. The summed E-state index contributed by atoms with van der Waals surface area (Å²) in [6.07, 6.45) is 1.79. The van der Waals surface area contributed by atoms with Gasteiger partial charge in [-0.05, 0) is 37.5 Å². The Hall–Kier alpha value is -1.95. The molecule has 22 heavy (non-hydrogen) atoms. The standard InChI is InChI=1S/C16H23FN2O3/c1-3-4-14(16(21)22)19-11(2)15(20)18-10-9-12-5-7-13(17)8-6-12/h5-8,11,14,19H,3-4,9-10H2,1-2H3,(H,18,20)(H,21,22). The van der Waals surface area contributed by atoms with Crippen molar-refractivity contribution in [3.8, 4) is 0 Å². The Kier molecular flexibility index (Phi) is 7.52. The van der Waals surface area contributed by atoms with Gasteiger partial charge in [-0.2, -0.15) is 0 Å². The molecule has 1 rings (SSSR count). The zero-order valence-electron chi connectivity index (χ0n) is 12.9. The molecule has 1 aromatic carbocycles. The maximum Gasteiger partial charge on any atom is 0.320 e. The number of carbonyl (C=O) groups is 2. The Morgan fingerprint density at radius 3 is 2.45 bits per heavy atom. The van der Waals surface area contributed by atoms with E-state index in [1.807, 2.05) is 6.92 Å². The summed E-state index contributed by atoms with van der Waals surface area (Å²) in [5, 5.41) is 14.6. The van der Waals surface area contributed by atoms with Crippen LogP contribution in [0.4, 0.5) is 4.39 Å². The fourth-order valence-corrected chi connectivity index (χ4v) is 2.08. The number of rotatable bonds is 9. The lowest BCUT2D eigenvalue weighted by atomic mass is 10.1. The second-order valence-corrected chi connectivity index (χ2v) is 5.24. The molecule has 6 heteroatoms. The van der Waals surface area contributed by atoms with E-state index >= 15 is 0 Å². The van der Waals surface area contributed by atoms with Crippen LogP contribution in [-0.2, 0) is 16.0 Å². The SMILES string of the molecule is CCCC(NC(C)C(=O)NCCc1ccc(F)cc1)C(=O)O. The maximum absolute atomic E-state index is 12.8. The zero-order chi connectivity index (χ0) is 16.5. The first kappa shape index (κ1) is 18.1. The maximum atomic E-state index is 12.8. The summed E-state index contributed by atoms with van der Waals surface area (Å²) in [7, 11) is 0. The van der Waals surface area contributed by atoms with Crippen LogP contribution < -0.4 is 10.6 Å². The molecule has 0 bridgehead atoms. The second kappa shape index (κ2) is 9.15. The van der Waals surface area contributed by atoms with E-state index in [1.54, 1.807) is 19.1 Å². The molecule has 0 aliphatic carbocycles. The minimum atomic E-state index is -0.951. The van der Waals surface area contributed by atoms with Gasteiger partial charge in [-0.25, -0.2) is 4.39 Å². The molecule has 0 heterocycles. The van der Waals surface area contributed by atoms with Crippen molar-refractivity contribution in [2.45, 2.75) is 45.2 Å². The number of hydrogen-bond acceptors (Lipinski definition) is 3. The average Bonchev–Trinajstić information content (AvgIpc) is 2.48. The Morgan fingerprint density at radius 1 is 1.27 bits per heavy atom. The third-order valence-electron chi connectivity index (χ3n) is 3.35. The Labute approximate surface area is 129 Å². The summed E-state index contributed by atoms with van der Waals surface area (Å²) < 4.78 is 12.8. The lowest BCUT2D eigenvalue weighted by Crippen LogP contribution is -2.49. The number of halogens is 1. The van der Waals surface area contributed by atoms with Gasteiger partial charge in [0.15, 0.2) is 0 Å². The number of carbonyl (C=O) groups excluding carboxylic acids is 1. The highest BCUT2D eigenvalue weighted by Crippen LogP contribution is 2.03. The highest BCUT2D eigenvalue weighted by atomic mass is 19.1. The number of benzene rings is 1. The van der Waals surface area contributed by atoms with Crippen molar-refractivity contribution < 1.29 is 19.1 Å². The van der Waals surface area contributed by atoms with Crippen LogP contribution in [0.5, 0.6) is 0 Å². The molecule has 2 atom stereocenters. The smallest absolute Gasteiger partial charge is 0.320 e. The molecule has 0 spiro atoms. The van der Waals surface area contributed by atoms with Gasteiger partial charge in [0.05, 0.1) is 6.04 Å². The largest absolute Gasteiger partial charge is 0.480 e. The van der Waals surface area contributed by atoms with Crippen LogP contribution in [0.3, 0.4) is 0 Å². The molecule has 122 valence electrons. The number of nitrogens with one attached hydrogen (secondary N) is 2. The summed E-state index contributed by atoms with van der Waals surface area (Å²) in [5.74, 6) is -1.49. The zero-order valence-corrected chi connectivity index (χ0v) is 12.9. The first-order valence-corrected chi connectivity index (χ1v) is 7.45. The van der Waals surface area contributed by atoms with Gasteiger partial charge in [0.2, 0.25) is 5.91 Å². The van der Waals surface area contributed by atoms with Gasteiger partial charge >= 0.3 is 5.97 Å². The fourth-order valence-electron chi connectivity index (χ4n) is 2.08. The molecular weight excluding hydrogens is 287 g/mol. The minimum Gasteiger partial charge on any atom is -0.480 e. The monoisotopic (exact) mass is 310 g/mol.